The van der Waals surface area contributed by atoms with Crippen LogP contribution in [0.25, 0.3) is 0 Å². The molecule has 1 aromatic carbocycles. The average molecular weight is 215 g/mol. The van der Waals surface area contributed by atoms with Gasteiger partial charge in [-0.05, 0) is 43.5 Å². The Labute approximate surface area is 94.6 Å². The number of aryl methyl sites for hydroxylation is 1. The maximum Gasteiger partial charge on any atom is 0.231 e. The van der Waals surface area contributed by atoms with E-state index < -0.39 is 0 Å². The van der Waals surface area contributed by atoms with Crippen molar-refractivity contribution in [3.8, 4) is 17.6 Å². The Hall–Kier alpha value is -1.69. The number of nitriles is 1. The van der Waals surface area contributed by atoms with Crippen LogP contribution in [0.4, 0.5) is 0 Å². The Morgan fingerprint density at radius 2 is 2.06 bits per heavy atom. The van der Waals surface area contributed by atoms with Gasteiger partial charge in [-0.2, -0.15) is 5.26 Å². The minimum atomic E-state index is -0.182. The van der Waals surface area contributed by atoms with Crippen LogP contribution in [0.15, 0.2) is 12.1 Å². The molecule has 0 radical (unpaired) electrons. The molecule has 1 aromatic rings. The van der Waals surface area contributed by atoms with Crippen molar-refractivity contribution >= 4 is 0 Å². The minimum Gasteiger partial charge on any atom is -0.454 e. The van der Waals surface area contributed by atoms with E-state index in [1.54, 1.807) is 0 Å². The summed E-state index contributed by atoms with van der Waals surface area (Å²) in [5.74, 6) is 1.99. The molecule has 1 aliphatic carbocycles. The van der Waals surface area contributed by atoms with Gasteiger partial charge in [0, 0.05) is 5.92 Å². The topological polar surface area (TPSA) is 42.2 Å². The summed E-state index contributed by atoms with van der Waals surface area (Å²) in [6, 6.07) is 6.43. The Kier molecular flexibility index (Phi) is 1.74. The number of ether oxygens (including phenoxy) is 2. The summed E-state index contributed by atoms with van der Waals surface area (Å²) in [7, 11) is 0. The molecule has 3 nitrogen and oxygen atoms in total. The Balaban J connectivity index is 2.01. The van der Waals surface area contributed by atoms with Gasteiger partial charge in [-0.25, -0.2) is 0 Å². The van der Waals surface area contributed by atoms with Gasteiger partial charge in [0.15, 0.2) is 11.5 Å². The van der Waals surface area contributed by atoms with E-state index >= 15 is 0 Å². The second kappa shape index (κ2) is 2.91. The van der Waals surface area contributed by atoms with E-state index in [0.29, 0.717) is 12.7 Å². The first kappa shape index (κ1) is 9.53. The van der Waals surface area contributed by atoms with E-state index in [2.05, 4.69) is 13.0 Å². The average Bonchev–Trinajstić information content (AvgIpc) is 2.74. The van der Waals surface area contributed by atoms with Crippen molar-refractivity contribution in [1.82, 2.24) is 0 Å². The fourth-order valence-corrected chi connectivity index (χ4v) is 2.38. The van der Waals surface area contributed by atoms with Gasteiger partial charge in [0.1, 0.15) is 0 Å². The lowest BCUT2D eigenvalue weighted by atomic mass is 9.98. The van der Waals surface area contributed by atoms with Gasteiger partial charge in [-0.3, -0.25) is 0 Å². The van der Waals surface area contributed by atoms with Crippen molar-refractivity contribution in [3.05, 3.63) is 23.3 Å². The molecule has 2 atom stereocenters. The van der Waals surface area contributed by atoms with Gasteiger partial charge < -0.3 is 9.47 Å². The SMILES string of the molecule is Cc1cc2c(cc1C1CC1(C)C#N)OCO2. The van der Waals surface area contributed by atoms with Crippen molar-refractivity contribution in [1.29, 1.82) is 5.26 Å². The first-order valence-electron chi connectivity index (χ1n) is 5.45. The molecule has 82 valence electrons. The first-order valence-corrected chi connectivity index (χ1v) is 5.45. The molecule has 1 aliphatic heterocycles. The molecule has 0 bridgehead atoms. The maximum absolute atomic E-state index is 9.08. The maximum atomic E-state index is 9.08. The molecule has 0 amide bonds. The number of nitrogens with zero attached hydrogens (tertiary/aromatic N) is 1. The molecule has 0 N–H and O–H groups in total. The van der Waals surface area contributed by atoms with Crippen LogP contribution < -0.4 is 9.47 Å². The van der Waals surface area contributed by atoms with E-state index in [-0.39, 0.29) is 5.41 Å². The summed E-state index contributed by atoms with van der Waals surface area (Å²) in [5.41, 5.74) is 2.24. The second-order valence-electron chi connectivity index (χ2n) is 4.85. The van der Waals surface area contributed by atoms with Crippen molar-refractivity contribution in [2.75, 3.05) is 6.79 Å². The summed E-state index contributed by atoms with van der Waals surface area (Å²) >= 11 is 0. The van der Waals surface area contributed by atoms with E-state index in [9.17, 15) is 0 Å². The fourth-order valence-electron chi connectivity index (χ4n) is 2.38. The van der Waals surface area contributed by atoms with E-state index in [4.69, 9.17) is 14.7 Å². The quantitative estimate of drug-likeness (QED) is 0.723. The third-order valence-corrected chi connectivity index (χ3v) is 3.63. The molecule has 2 unspecified atom stereocenters. The van der Waals surface area contributed by atoms with Gasteiger partial charge in [0.05, 0.1) is 11.5 Å². The van der Waals surface area contributed by atoms with Crippen LogP contribution in [0.1, 0.15) is 30.4 Å². The normalized spacial score (nSPS) is 29.9. The Morgan fingerprint density at radius 1 is 1.38 bits per heavy atom. The highest BCUT2D eigenvalue weighted by Crippen LogP contribution is 2.60. The van der Waals surface area contributed by atoms with Gasteiger partial charge in [0.2, 0.25) is 6.79 Å². The lowest BCUT2D eigenvalue weighted by Gasteiger charge is -2.08. The fraction of sp³-hybridized carbons (Fsp3) is 0.462. The molecule has 0 aromatic heterocycles. The summed E-state index contributed by atoms with van der Waals surface area (Å²) in [4.78, 5) is 0. The Morgan fingerprint density at radius 3 is 2.69 bits per heavy atom. The predicted molar refractivity (Wildman–Crippen MR) is 58.4 cm³/mol. The van der Waals surface area contributed by atoms with Crippen molar-refractivity contribution in [2.45, 2.75) is 26.2 Å². The summed E-state index contributed by atoms with van der Waals surface area (Å²) in [6.07, 6.45) is 0.948. The molecular formula is C13H13NO2. The van der Waals surface area contributed by atoms with Crippen molar-refractivity contribution < 1.29 is 9.47 Å². The number of fused-ring (bicyclic) bond motifs is 1. The third-order valence-electron chi connectivity index (χ3n) is 3.63. The van der Waals surface area contributed by atoms with Gasteiger partial charge in [0.25, 0.3) is 0 Å². The van der Waals surface area contributed by atoms with E-state index in [1.165, 1.54) is 11.1 Å². The number of hydrogen-bond donors (Lipinski definition) is 0. The molecular weight excluding hydrogens is 202 g/mol. The van der Waals surface area contributed by atoms with Crippen molar-refractivity contribution in [2.24, 2.45) is 5.41 Å². The number of benzene rings is 1. The zero-order chi connectivity index (χ0) is 11.3. The van der Waals surface area contributed by atoms with Crippen LogP contribution in [-0.2, 0) is 0 Å². The highest BCUT2D eigenvalue weighted by Gasteiger charge is 2.52. The van der Waals surface area contributed by atoms with Crippen LogP contribution in [0.5, 0.6) is 11.5 Å². The standard InChI is InChI=1S/C13H13NO2/c1-8-3-11-12(16-7-15-11)4-9(8)10-5-13(10,2)6-14/h3-4,10H,5,7H2,1-2H3. The highest BCUT2D eigenvalue weighted by atomic mass is 16.7. The number of hydrogen-bond acceptors (Lipinski definition) is 3. The molecule has 1 heterocycles. The highest BCUT2D eigenvalue weighted by molar-refractivity contribution is 5.52. The zero-order valence-corrected chi connectivity index (χ0v) is 9.41. The lowest BCUT2D eigenvalue weighted by molar-refractivity contribution is 0.174. The minimum absolute atomic E-state index is 0.182. The molecule has 3 heteroatoms. The molecule has 1 saturated carbocycles. The number of rotatable bonds is 1. The van der Waals surface area contributed by atoms with Crippen LogP contribution >= 0.6 is 0 Å². The molecule has 16 heavy (non-hydrogen) atoms. The lowest BCUT2D eigenvalue weighted by Crippen LogP contribution is -1.95. The molecule has 1 fully saturated rings. The van der Waals surface area contributed by atoms with Gasteiger partial charge in [-0.15, -0.1) is 0 Å². The molecule has 3 rings (SSSR count). The molecule has 0 saturated heterocycles. The van der Waals surface area contributed by atoms with Crippen LogP contribution in [0, 0.1) is 23.7 Å². The largest absolute Gasteiger partial charge is 0.454 e. The summed E-state index contributed by atoms with van der Waals surface area (Å²) in [5, 5.41) is 9.08. The van der Waals surface area contributed by atoms with Gasteiger partial charge in [-0.1, -0.05) is 0 Å². The van der Waals surface area contributed by atoms with E-state index in [0.717, 1.165) is 17.9 Å². The molecule has 2 aliphatic rings. The zero-order valence-electron chi connectivity index (χ0n) is 9.41. The van der Waals surface area contributed by atoms with E-state index in [1.807, 2.05) is 19.1 Å². The van der Waals surface area contributed by atoms with Gasteiger partial charge >= 0.3 is 0 Å². The smallest absolute Gasteiger partial charge is 0.231 e. The van der Waals surface area contributed by atoms with Crippen molar-refractivity contribution in [3.63, 3.8) is 0 Å². The summed E-state index contributed by atoms with van der Waals surface area (Å²) < 4.78 is 10.7. The third kappa shape index (κ3) is 1.19. The predicted octanol–water partition coefficient (Wildman–Crippen LogP) is 2.74. The Bertz CT molecular complexity index is 503. The molecule has 0 spiro atoms. The van der Waals surface area contributed by atoms with Crippen LogP contribution in [-0.4, -0.2) is 6.79 Å². The first-order chi connectivity index (χ1) is 7.64. The summed E-state index contributed by atoms with van der Waals surface area (Å²) in [6.45, 7) is 4.38. The van der Waals surface area contributed by atoms with Crippen LogP contribution in [0.2, 0.25) is 0 Å². The monoisotopic (exact) mass is 215 g/mol. The second-order valence-corrected chi connectivity index (χ2v) is 4.85. The van der Waals surface area contributed by atoms with Crippen LogP contribution in [0.3, 0.4) is 0 Å².